The molecule has 0 bridgehead atoms. The molecule has 0 radical (unpaired) electrons. The van der Waals surface area contributed by atoms with Crippen LogP contribution in [0.3, 0.4) is 0 Å². The molecule has 0 unspecified atom stereocenters. The van der Waals surface area contributed by atoms with Crippen LogP contribution in [0.15, 0.2) is 30.3 Å². The highest BCUT2D eigenvalue weighted by atomic mass is 28.4. The molecule has 1 aromatic carbocycles. The third kappa shape index (κ3) is 4.13. The van der Waals surface area contributed by atoms with E-state index in [9.17, 15) is 0 Å². The summed E-state index contributed by atoms with van der Waals surface area (Å²) in [5, 5.41) is 6.15. The fraction of sp³-hybridized carbons (Fsp3) is 0.455. The van der Waals surface area contributed by atoms with E-state index in [0.29, 0.717) is 19.3 Å². The molecule has 0 aliphatic carbocycles. The molecule has 0 aromatic heterocycles. The molecule has 0 saturated heterocycles. The van der Waals surface area contributed by atoms with E-state index >= 15 is 0 Å². The second-order valence-electron chi connectivity index (χ2n) is 3.34. The Hall–Kier alpha value is -0.683. The van der Waals surface area contributed by atoms with Crippen molar-refractivity contribution in [2.75, 3.05) is 13.2 Å². The monoisotopic (exact) mass is 225 g/mol. The number of nitrogens with two attached hydrogens (primary N) is 1. The van der Waals surface area contributed by atoms with Crippen LogP contribution < -0.4 is 5.40 Å². The molecule has 0 saturated carbocycles. The summed E-state index contributed by atoms with van der Waals surface area (Å²) in [5.74, 6) is 0. The molecule has 15 heavy (non-hydrogen) atoms. The third-order valence-corrected chi connectivity index (χ3v) is 4.53. The number of benzene rings is 1. The SMILES string of the molecule is CCO[Si](N)(Cc1ccccc1)OCC. The molecule has 3 nitrogen and oxygen atoms in total. The second kappa shape index (κ2) is 6.02. The topological polar surface area (TPSA) is 44.5 Å². The highest BCUT2D eigenvalue weighted by Crippen LogP contribution is 2.09. The molecular formula is C11H19NO2Si. The van der Waals surface area contributed by atoms with Gasteiger partial charge in [0.25, 0.3) is 0 Å². The Morgan fingerprint density at radius 3 is 2.07 bits per heavy atom. The minimum absolute atomic E-state index is 0.607. The second-order valence-corrected chi connectivity index (χ2v) is 5.89. The van der Waals surface area contributed by atoms with E-state index in [0.717, 1.165) is 0 Å². The minimum Gasteiger partial charge on any atom is -0.383 e. The van der Waals surface area contributed by atoms with Crippen LogP contribution in [0.4, 0.5) is 0 Å². The van der Waals surface area contributed by atoms with Crippen LogP contribution in [0.5, 0.6) is 0 Å². The van der Waals surface area contributed by atoms with E-state index < -0.39 is 8.72 Å². The van der Waals surface area contributed by atoms with Gasteiger partial charge in [0.05, 0.1) is 0 Å². The Kier molecular flexibility index (Phi) is 4.97. The van der Waals surface area contributed by atoms with Gasteiger partial charge in [0.2, 0.25) is 0 Å². The van der Waals surface area contributed by atoms with Crippen LogP contribution in [0.2, 0.25) is 0 Å². The Balaban J connectivity index is 2.66. The average Bonchev–Trinajstić information content (AvgIpc) is 2.19. The van der Waals surface area contributed by atoms with Crippen molar-refractivity contribution in [2.45, 2.75) is 19.9 Å². The molecule has 4 heteroatoms. The van der Waals surface area contributed by atoms with E-state index in [4.69, 9.17) is 14.3 Å². The highest BCUT2D eigenvalue weighted by Gasteiger charge is 2.32. The first-order valence-electron chi connectivity index (χ1n) is 5.31. The fourth-order valence-electron chi connectivity index (χ4n) is 1.51. The highest BCUT2D eigenvalue weighted by molar-refractivity contribution is 6.63. The molecular weight excluding hydrogens is 206 g/mol. The molecule has 1 rings (SSSR count). The lowest BCUT2D eigenvalue weighted by molar-refractivity contribution is 0.183. The summed E-state index contributed by atoms with van der Waals surface area (Å²) in [5.41, 5.74) is 1.17. The largest absolute Gasteiger partial charge is 0.426 e. The van der Waals surface area contributed by atoms with E-state index in [1.54, 1.807) is 0 Å². The van der Waals surface area contributed by atoms with Crippen LogP contribution >= 0.6 is 0 Å². The summed E-state index contributed by atoms with van der Waals surface area (Å²) in [4.78, 5) is 0. The van der Waals surface area contributed by atoms with Crippen LogP contribution in [0, 0.1) is 0 Å². The van der Waals surface area contributed by atoms with Crippen molar-refractivity contribution in [3.63, 3.8) is 0 Å². The minimum atomic E-state index is -2.49. The molecule has 1 aromatic rings. The van der Waals surface area contributed by atoms with Gasteiger partial charge in [0.15, 0.2) is 0 Å². The van der Waals surface area contributed by atoms with Gasteiger partial charge in [0.1, 0.15) is 0 Å². The van der Waals surface area contributed by atoms with Crippen molar-refractivity contribution in [1.82, 2.24) is 0 Å². The third-order valence-electron chi connectivity index (χ3n) is 2.07. The van der Waals surface area contributed by atoms with Gasteiger partial charge in [-0.3, -0.25) is 0 Å². The van der Waals surface area contributed by atoms with Gasteiger partial charge < -0.3 is 14.3 Å². The predicted molar refractivity (Wildman–Crippen MR) is 63.3 cm³/mol. The summed E-state index contributed by atoms with van der Waals surface area (Å²) < 4.78 is 11.1. The summed E-state index contributed by atoms with van der Waals surface area (Å²) in [6.07, 6.45) is 0. The molecule has 0 fully saturated rings. The van der Waals surface area contributed by atoms with Crippen molar-refractivity contribution in [3.05, 3.63) is 35.9 Å². The van der Waals surface area contributed by atoms with Gasteiger partial charge >= 0.3 is 8.72 Å². The predicted octanol–water partition coefficient (Wildman–Crippen LogP) is 1.74. The summed E-state index contributed by atoms with van der Waals surface area (Å²) in [7, 11) is -2.49. The first-order valence-corrected chi connectivity index (χ1v) is 7.41. The van der Waals surface area contributed by atoms with Crippen LogP contribution in [-0.2, 0) is 14.9 Å². The maximum Gasteiger partial charge on any atom is 0.426 e. The molecule has 84 valence electrons. The van der Waals surface area contributed by atoms with Crippen LogP contribution in [0.1, 0.15) is 19.4 Å². The van der Waals surface area contributed by atoms with Crippen molar-refractivity contribution < 1.29 is 8.85 Å². The summed E-state index contributed by atoms with van der Waals surface area (Å²) in [6.45, 7) is 5.10. The van der Waals surface area contributed by atoms with Crippen LogP contribution in [0.25, 0.3) is 0 Å². The van der Waals surface area contributed by atoms with Gasteiger partial charge in [-0.2, -0.15) is 0 Å². The molecule has 0 amide bonds. The van der Waals surface area contributed by atoms with Gasteiger partial charge in [0, 0.05) is 19.3 Å². The van der Waals surface area contributed by atoms with E-state index in [2.05, 4.69) is 0 Å². The normalized spacial score (nSPS) is 11.7. The summed E-state index contributed by atoms with van der Waals surface area (Å²) >= 11 is 0. The first-order chi connectivity index (χ1) is 7.20. The van der Waals surface area contributed by atoms with E-state index in [1.165, 1.54) is 5.56 Å². The molecule has 0 aliphatic heterocycles. The molecule has 0 atom stereocenters. The number of hydrogen-bond donors (Lipinski definition) is 1. The first kappa shape index (κ1) is 12.4. The van der Waals surface area contributed by atoms with Gasteiger partial charge in [-0.1, -0.05) is 30.3 Å². The van der Waals surface area contributed by atoms with Crippen molar-refractivity contribution in [3.8, 4) is 0 Å². The Bertz CT molecular complexity index is 273. The van der Waals surface area contributed by atoms with E-state index in [-0.39, 0.29) is 0 Å². The van der Waals surface area contributed by atoms with Crippen molar-refractivity contribution >= 4 is 8.72 Å². The summed E-state index contributed by atoms with van der Waals surface area (Å²) in [6, 6.07) is 10.8. The lowest BCUT2D eigenvalue weighted by Crippen LogP contribution is -2.54. The zero-order valence-electron chi connectivity index (χ0n) is 9.40. The Labute approximate surface area is 92.5 Å². The van der Waals surface area contributed by atoms with Crippen LogP contribution in [-0.4, -0.2) is 21.9 Å². The lowest BCUT2D eigenvalue weighted by atomic mass is 10.2. The average molecular weight is 225 g/mol. The number of hydrogen-bond acceptors (Lipinski definition) is 3. The van der Waals surface area contributed by atoms with Gasteiger partial charge in [-0.25, -0.2) is 0 Å². The lowest BCUT2D eigenvalue weighted by Gasteiger charge is -2.24. The van der Waals surface area contributed by atoms with Gasteiger partial charge in [-0.05, 0) is 19.4 Å². The Morgan fingerprint density at radius 1 is 1.07 bits per heavy atom. The fourth-order valence-corrected chi connectivity index (χ4v) is 3.58. The smallest absolute Gasteiger partial charge is 0.383 e. The standard InChI is InChI=1S/C11H19NO2Si/c1-3-13-15(12,14-4-2)10-11-8-6-5-7-9-11/h5-9H,3-4,10,12H2,1-2H3. The van der Waals surface area contributed by atoms with Crippen molar-refractivity contribution in [2.24, 2.45) is 5.40 Å². The molecule has 0 aliphatic rings. The zero-order valence-corrected chi connectivity index (χ0v) is 10.4. The zero-order chi connectivity index (χ0) is 11.1. The molecule has 0 heterocycles. The molecule has 2 N–H and O–H groups in total. The van der Waals surface area contributed by atoms with Crippen molar-refractivity contribution in [1.29, 1.82) is 0 Å². The quantitative estimate of drug-likeness (QED) is 0.750. The number of rotatable bonds is 6. The maximum absolute atomic E-state index is 6.15. The molecule has 0 spiro atoms. The van der Waals surface area contributed by atoms with Gasteiger partial charge in [-0.15, -0.1) is 0 Å². The Morgan fingerprint density at radius 2 is 1.60 bits per heavy atom. The maximum atomic E-state index is 6.15. The van der Waals surface area contributed by atoms with E-state index in [1.807, 2.05) is 44.2 Å².